The van der Waals surface area contributed by atoms with Crippen LogP contribution >= 0.6 is 11.8 Å². The topological polar surface area (TPSA) is 35.2 Å². The molecule has 2 N–H and O–H groups in total. The van der Waals surface area contributed by atoms with Gasteiger partial charge in [-0.25, -0.2) is 0 Å². The number of rotatable bonds is 9. The molecule has 13 heavy (non-hydrogen) atoms. The van der Waals surface area contributed by atoms with Crippen LogP contribution in [-0.2, 0) is 4.74 Å². The summed E-state index contributed by atoms with van der Waals surface area (Å²) in [4.78, 5) is 0. The fraction of sp³-hybridized carbons (Fsp3) is 1.00. The lowest BCUT2D eigenvalue weighted by atomic mass is 10.2. The van der Waals surface area contributed by atoms with Crippen LogP contribution in [0.25, 0.3) is 0 Å². The van der Waals surface area contributed by atoms with Crippen molar-refractivity contribution in [1.29, 1.82) is 0 Å². The van der Waals surface area contributed by atoms with Gasteiger partial charge in [-0.05, 0) is 18.6 Å². The average molecular weight is 205 g/mol. The monoisotopic (exact) mass is 205 g/mol. The van der Waals surface area contributed by atoms with E-state index in [0.29, 0.717) is 12.8 Å². The predicted molar refractivity (Wildman–Crippen MR) is 61.1 cm³/mol. The summed E-state index contributed by atoms with van der Waals surface area (Å²) in [6, 6.07) is 0. The van der Waals surface area contributed by atoms with Gasteiger partial charge < -0.3 is 10.5 Å². The van der Waals surface area contributed by atoms with E-state index in [0.717, 1.165) is 12.2 Å². The van der Waals surface area contributed by atoms with Gasteiger partial charge in [0.05, 0.1) is 12.8 Å². The third kappa shape index (κ3) is 8.60. The summed E-state index contributed by atoms with van der Waals surface area (Å²) in [5, 5.41) is 0. The van der Waals surface area contributed by atoms with Gasteiger partial charge in [-0.3, -0.25) is 0 Å². The first kappa shape index (κ1) is 13.3. The Kier molecular flexibility index (Phi) is 10.6. The zero-order valence-electron chi connectivity index (χ0n) is 8.92. The highest BCUT2D eigenvalue weighted by Gasteiger charge is 2.07. The van der Waals surface area contributed by atoms with E-state index in [-0.39, 0.29) is 0 Å². The first-order valence-electron chi connectivity index (χ1n) is 5.24. The van der Waals surface area contributed by atoms with Crippen LogP contribution in [0.2, 0.25) is 0 Å². The second kappa shape index (κ2) is 10.4. The van der Waals surface area contributed by atoms with E-state index >= 15 is 0 Å². The molecule has 0 heterocycles. The minimum atomic E-state index is 0.362. The largest absolute Gasteiger partial charge is 0.362 e. The third-order valence-electron chi connectivity index (χ3n) is 1.86. The molecule has 1 atom stereocenters. The molecule has 0 aromatic heterocycles. The van der Waals surface area contributed by atoms with E-state index in [2.05, 4.69) is 13.8 Å². The van der Waals surface area contributed by atoms with Crippen molar-refractivity contribution < 1.29 is 4.74 Å². The van der Waals surface area contributed by atoms with Crippen molar-refractivity contribution in [2.24, 2.45) is 5.73 Å². The Morgan fingerprint density at radius 3 is 2.62 bits per heavy atom. The summed E-state index contributed by atoms with van der Waals surface area (Å²) in [6.45, 7) is 4.78. The third-order valence-corrected chi connectivity index (χ3v) is 3.17. The van der Waals surface area contributed by atoms with E-state index in [1.54, 1.807) is 0 Å². The summed E-state index contributed by atoms with van der Waals surface area (Å²) in [5.41, 5.74) is 5.37. The van der Waals surface area contributed by atoms with Crippen LogP contribution in [0.5, 0.6) is 0 Å². The highest BCUT2D eigenvalue weighted by atomic mass is 32.2. The van der Waals surface area contributed by atoms with Crippen LogP contribution in [0.15, 0.2) is 0 Å². The molecule has 0 saturated carbocycles. The van der Waals surface area contributed by atoms with Gasteiger partial charge >= 0.3 is 0 Å². The van der Waals surface area contributed by atoms with Crippen molar-refractivity contribution in [2.45, 2.75) is 45.6 Å². The van der Waals surface area contributed by atoms with Gasteiger partial charge in [0, 0.05) is 5.75 Å². The van der Waals surface area contributed by atoms with Crippen LogP contribution in [0.4, 0.5) is 0 Å². The van der Waals surface area contributed by atoms with E-state index < -0.39 is 0 Å². The fourth-order valence-electron chi connectivity index (χ4n) is 1.14. The maximum atomic E-state index is 5.45. The zero-order chi connectivity index (χ0) is 9.94. The lowest BCUT2D eigenvalue weighted by Gasteiger charge is -2.15. The molecule has 0 rings (SSSR count). The Balaban J connectivity index is 3.41. The van der Waals surface area contributed by atoms with E-state index in [1.165, 1.54) is 25.0 Å². The first-order valence-corrected chi connectivity index (χ1v) is 6.40. The molecular weight excluding hydrogens is 182 g/mol. The molecule has 0 fully saturated rings. The summed E-state index contributed by atoms with van der Waals surface area (Å²) in [7, 11) is 0. The summed E-state index contributed by atoms with van der Waals surface area (Å²) in [5.74, 6) is 2.33. The van der Waals surface area contributed by atoms with Gasteiger partial charge in [-0.1, -0.05) is 26.7 Å². The molecule has 80 valence electrons. The van der Waals surface area contributed by atoms with Gasteiger partial charge in [0.15, 0.2) is 0 Å². The molecule has 0 aliphatic carbocycles. The Morgan fingerprint density at radius 1 is 1.31 bits per heavy atom. The van der Waals surface area contributed by atoms with Gasteiger partial charge in [0.25, 0.3) is 0 Å². The minimum Gasteiger partial charge on any atom is -0.362 e. The number of unbranched alkanes of at least 4 members (excludes halogenated alkanes) is 1. The van der Waals surface area contributed by atoms with E-state index in [1.807, 2.05) is 11.8 Å². The van der Waals surface area contributed by atoms with Gasteiger partial charge in [0.1, 0.15) is 0 Å². The maximum absolute atomic E-state index is 5.45. The summed E-state index contributed by atoms with van der Waals surface area (Å²) >= 11 is 1.97. The highest BCUT2D eigenvalue weighted by molar-refractivity contribution is 7.99. The molecule has 0 saturated heterocycles. The molecule has 0 radical (unpaired) electrons. The van der Waals surface area contributed by atoms with Crippen LogP contribution in [0.3, 0.4) is 0 Å². The van der Waals surface area contributed by atoms with Crippen molar-refractivity contribution in [2.75, 3.05) is 18.2 Å². The normalized spacial score (nSPS) is 13.2. The van der Waals surface area contributed by atoms with Crippen LogP contribution < -0.4 is 5.73 Å². The SMILES string of the molecule is CCCCC(CSCCC)OCN. The molecule has 1 unspecified atom stereocenters. The number of thioether (sulfide) groups is 1. The van der Waals surface area contributed by atoms with Crippen LogP contribution in [0, 0.1) is 0 Å². The van der Waals surface area contributed by atoms with Gasteiger partial charge in [0.2, 0.25) is 0 Å². The molecule has 0 aromatic rings. The van der Waals surface area contributed by atoms with Crippen molar-refractivity contribution in [3.05, 3.63) is 0 Å². The Bertz CT molecular complexity index is 101. The summed E-state index contributed by atoms with van der Waals surface area (Å²) < 4.78 is 5.45. The van der Waals surface area contributed by atoms with E-state index in [4.69, 9.17) is 10.5 Å². The molecule has 3 heteroatoms. The standard InChI is InChI=1S/C10H23NOS/c1-3-5-6-10(12-9-11)8-13-7-4-2/h10H,3-9,11H2,1-2H3. The molecule has 0 spiro atoms. The average Bonchev–Trinajstić information content (AvgIpc) is 2.14. The van der Waals surface area contributed by atoms with E-state index in [9.17, 15) is 0 Å². The Morgan fingerprint density at radius 2 is 2.08 bits per heavy atom. The van der Waals surface area contributed by atoms with Crippen LogP contribution in [0.1, 0.15) is 39.5 Å². The molecule has 0 amide bonds. The maximum Gasteiger partial charge on any atom is 0.0944 e. The number of ether oxygens (including phenoxy) is 1. The number of hydrogen-bond donors (Lipinski definition) is 1. The lowest BCUT2D eigenvalue weighted by Crippen LogP contribution is -2.20. The number of nitrogens with two attached hydrogens (primary N) is 1. The predicted octanol–water partition coefficient (Wildman–Crippen LogP) is 2.62. The van der Waals surface area contributed by atoms with Gasteiger partial charge in [-0.2, -0.15) is 11.8 Å². The minimum absolute atomic E-state index is 0.362. The lowest BCUT2D eigenvalue weighted by molar-refractivity contribution is 0.0670. The van der Waals surface area contributed by atoms with Crippen molar-refractivity contribution in [3.8, 4) is 0 Å². The quantitative estimate of drug-likeness (QED) is 0.464. The highest BCUT2D eigenvalue weighted by Crippen LogP contribution is 2.12. The number of hydrogen-bond acceptors (Lipinski definition) is 3. The molecular formula is C10H23NOS. The molecule has 0 aliphatic heterocycles. The second-order valence-electron chi connectivity index (χ2n) is 3.17. The second-order valence-corrected chi connectivity index (χ2v) is 4.32. The molecule has 2 nitrogen and oxygen atoms in total. The van der Waals surface area contributed by atoms with Crippen molar-refractivity contribution in [1.82, 2.24) is 0 Å². The first-order chi connectivity index (χ1) is 6.35. The molecule has 0 bridgehead atoms. The Labute approximate surface area is 86.6 Å². The molecule has 0 aliphatic rings. The Hall–Kier alpha value is 0.270. The molecule has 0 aromatic carbocycles. The fourth-order valence-corrected chi connectivity index (χ4v) is 2.12. The van der Waals surface area contributed by atoms with Gasteiger partial charge in [-0.15, -0.1) is 0 Å². The van der Waals surface area contributed by atoms with Crippen LogP contribution in [-0.4, -0.2) is 24.3 Å². The van der Waals surface area contributed by atoms with Crippen molar-refractivity contribution >= 4 is 11.8 Å². The smallest absolute Gasteiger partial charge is 0.0944 e. The zero-order valence-corrected chi connectivity index (χ0v) is 9.74. The van der Waals surface area contributed by atoms with Crippen molar-refractivity contribution in [3.63, 3.8) is 0 Å². The summed E-state index contributed by atoms with van der Waals surface area (Å²) in [6.07, 6.45) is 5.26.